The van der Waals surface area contributed by atoms with Gasteiger partial charge in [0.05, 0.1) is 12.9 Å². The predicted octanol–water partition coefficient (Wildman–Crippen LogP) is -2.95. The molecule has 36 heavy (non-hydrogen) atoms. The molecule has 0 saturated carbocycles. The molecule has 1 fully saturated rings. The maximum atomic E-state index is 13.2. The second-order valence-electron chi connectivity index (χ2n) is 8.38. The Morgan fingerprint density at radius 2 is 1.86 bits per heavy atom. The number of carbonyl (C=O) groups is 2. The topological polar surface area (TPSA) is 218 Å². The van der Waals surface area contributed by atoms with Crippen LogP contribution in [0.25, 0.3) is 11.2 Å². The Hall–Kier alpha value is -3.69. The maximum Gasteiger partial charge on any atom is 0.243 e. The number of imidazole rings is 1. The van der Waals surface area contributed by atoms with Crippen LogP contribution in [0.3, 0.4) is 0 Å². The molecule has 192 valence electrons. The molecule has 0 spiro atoms. The molecule has 3 heterocycles. The molecule has 6 unspecified atom stereocenters. The minimum Gasteiger partial charge on any atom is -0.394 e. The van der Waals surface area contributed by atoms with Crippen LogP contribution in [0.15, 0.2) is 43.0 Å². The molecule has 3 aromatic rings. The maximum absolute atomic E-state index is 13.2. The average molecular weight is 502 g/mol. The van der Waals surface area contributed by atoms with Gasteiger partial charge in [-0.15, -0.1) is 0 Å². The number of benzene rings is 1. The van der Waals surface area contributed by atoms with E-state index in [0.29, 0.717) is 11.2 Å². The van der Waals surface area contributed by atoms with Gasteiger partial charge in [-0.2, -0.15) is 0 Å². The van der Waals surface area contributed by atoms with E-state index in [1.807, 2.05) is 0 Å². The first-order chi connectivity index (χ1) is 17.3. The van der Waals surface area contributed by atoms with Gasteiger partial charge in [-0.05, 0) is 5.56 Å². The molecule has 2 aromatic heterocycles. The quantitative estimate of drug-likeness (QED) is 0.165. The van der Waals surface area contributed by atoms with Crippen molar-refractivity contribution in [2.75, 3.05) is 12.3 Å². The Kier molecular flexibility index (Phi) is 7.71. The molecule has 14 nitrogen and oxygen atoms in total. The van der Waals surface area contributed by atoms with Crippen molar-refractivity contribution < 1.29 is 34.8 Å². The summed E-state index contributed by atoms with van der Waals surface area (Å²) in [5.41, 5.74) is 7.21. The van der Waals surface area contributed by atoms with Crippen molar-refractivity contribution in [1.82, 2.24) is 30.2 Å². The van der Waals surface area contributed by atoms with Crippen molar-refractivity contribution in [2.24, 2.45) is 0 Å². The number of aliphatic hydroxyl groups excluding tert-OH is 4. The summed E-state index contributed by atoms with van der Waals surface area (Å²) in [4.78, 5) is 38.1. The third-order valence-corrected chi connectivity index (χ3v) is 5.89. The second kappa shape index (κ2) is 10.9. The van der Waals surface area contributed by atoms with Crippen molar-refractivity contribution in [1.29, 1.82) is 0 Å². The highest BCUT2D eigenvalue weighted by atomic mass is 16.6. The Labute approximate surface area is 204 Å². The standard InChI is InChI=1S/C22H27N7O7/c23-19-16-20(25-9-24-19)29(10-26-16)7-14(31)27-12(6-11-4-2-1-3-5-11)21(34)28-15-18(33)17(32)13(8-30)36-22(15)35/h1-5,9-10,12-13,15,17-18,22,30,32-33,35H,6-8H2,(H,27,31)(H,28,34)(H2,23,24,25). The number of anilines is 1. The Morgan fingerprint density at radius 3 is 2.58 bits per heavy atom. The molecule has 8 N–H and O–H groups in total. The van der Waals surface area contributed by atoms with Crippen LogP contribution in [0.5, 0.6) is 0 Å². The minimum atomic E-state index is -1.69. The molecule has 0 bridgehead atoms. The van der Waals surface area contributed by atoms with E-state index in [1.165, 1.54) is 17.2 Å². The van der Waals surface area contributed by atoms with Crippen molar-refractivity contribution in [3.63, 3.8) is 0 Å². The lowest BCUT2D eigenvalue weighted by Crippen LogP contribution is -2.65. The highest BCUT2D eigenvalue weighted by Gasteiger charge is 2.44. The largest absolute Gasteiger partial charge is 0.394 e. The number of aliphatic hydroxyl groups is 4. The monoisotopic (exact) mass is 501 g/mol. The zero-order chi connectivity index (χ0) is 25.8. The smallest absolute Gasteiger partial charge is 0.243 e. The molecular weight excluding hydrogens is 474 g/mol. The average Bonchev–Trinajstić information content (AvgIpc) is 3.28. The number of aromatic nitrogens is 4. The fraction of sp³-hybridized carbons (Fsp3) is 0.409. The molecule has 1 aliphatic rings. The number of hydrogen-bond acceptors (Lipinski definition) is 11. The van der Waals surface area contributed by atoms with Crippen LogP contribution in [-0.2, 0) is 27.3 Å². The van der Waals surface area contributed by atoms with Gasteiger partial charge in [0.15, 0.2) is 17.8 Å². The van der Waals surface area contributed by atoms with Gasteiger partial charge >= 0.3 is 0 Å². The van der Waals surface area contributed by atoms with Gasteiger partial charge in [0, 0.05) is 6.42 Å². The molecule has 6 atom stereocenters. The molecule has 0 aliphatic carbocycles. The molecule has 4 rings (SSSR count). The van der Waals surface area contributed by atoms with Gasteiger partial charge in [-0.25, -0.2) is 15.0 Å². The van der Waals surface area contributed by atoms with Gasteiger partial charge in [0.1, 0.15) is 48.8 Å². The number of nitrogen functional groups attached to an aromatic ring is 1. The Balaban J connectivity index is 1.50. The molecule has 1 saturated heterocycles. The number of carbonyl (C=O) groups excluding carboxylic acids is 2. The lowest BCUT2D eigenvalue weighted by atomic mass is 9.96. The van der Waals surface area contributed by atoms with Gasteiger partial charge < -0.3 is 46.1 Å². The summed E-state index contributed by atoms with van der Waals surface area (Å²) in [7, 11) is 0. The molecule has 1 aromatic carbocycles. The number of ether oxygens (including phenoxy) is 1. The summed E-state index contributed by atoms with van der Waals surface area (Å²) in [6.45, 7) is -0.859. The van der Waals surface area contributed by atoms with Crippen LogP contribution in [-0.4, -0.2) is 95.1 Å². The molecule has 1 aliphatic heterocycles. The van der Waals surface area contributed by atoms with E-state index in [9.17, 15) is 30.0 Å². The summed E-state index contributed by atoms with van der Waals surface area (Å²) in [6, 6.07) is 6.41. The first-order valence-corrected chi connectivity index (χ1v) is 11.1. The molecule has 2 amide bonds. The van der Waals surface area contributed by atoms with Crippen molar-refractivity contribution in [3.05, 3.63) is 48.5 Å². The summed E-state index contributed by atoms with van der Waals surface area (Å²) >= 11 is 0. The predicted molar refractivity (Wildman–Crippen MR) is 124 cm³/mol. The van der Waals surface area contributed by atoms with E-state index in [4.69, 9.17) is 10.5 Å². The fourth-order valence-electron chi connectivity index (χ4n) is 3.99. The summed E-state index contributed by atoms with van der Waals surface area (Å²) in [5, 5.41) is 45.0. The van der Waals surface area contributed by atoms with E-state index in [-0.39, 0.29) is 18.8 Å². The normalized spacial score (nSPS) is 24.8. The Morgan fingerprint density at radius 1 is 1.11 bits per heavy atom. The highest BCUT2D eigenvalue weighted by Crippen LogP contribution is 2.20. The van der Waals surface area contributed by atoms with Gasteiger partial charge in [-0.1, -0.05) is 30.3 Å². The van der Waals surface area contributed by atoms with Gasteiger partial charge in [0.2, 0.25) is 11.8 Å². The van der Waals surface area contributed by atoms with E-state index >= 15 is 0 Å². The summed E-state index contributed by atoms with van der Waals surface area (Å²) < 4.78 is 6.54. The zero-order valence-corrected chi connectivity index (χ0v) is 19.0. The van der Waals surface area contributed by atoms with E-state index in [1.54, 1.807) is 30.3 Å². The summed E-state index contributed by atoms with van der Waals surface area (Å²) in [5.74, 6) is -1.10. The van der Waals surface area contributed by atoms with E-state index in [2.05, 4.69) is 25.6 Å². The number of nitrogens with one attached hydrogen (secondary N) is 2. The lowest BCUT2D eigenvalue weighted by molar-refractivity contribution is -0.254. The Bertz CT molecular complexity index is 1210. The number of amides is 2. The van der Waals surface area contributed by atoms with Crippen molar-refractivity contribution in [2.45, 2.75) is 49.7 Å². The number of fused-ring (bicyclic) bond motifs is 1. The molecular formula is C22H27N7O7. The van der Waals surface area contributed by atoms with Crippen molar-refractivity contribution >= 4 is 28.8 Å². The first-order valence-electron chi connectivity index (χ1n) is 11.1. The van der Waals surface area contributed by atoms with Crippen LogP contribution in [0.1, 0.15) is 5.56 Å². The lowest BCUT2D eigenvalue weighted by Gasteiger charge is -2.40. The van der Waals surface area contributed by atoms with Crippen molar-refractivity contribution in [3.8, 4) is 0 Å². The number of hydrogen-bond donors (Lipinski definition) is 7. The fourth-order valence-corrected chi connectivity index (χ4v) is 3.99. The highest BCUT2D eigenvalue weighted by molar-refractivity contribution is 5.89. The minimum absolute atomic E-state index is 0.0970. The van der Waals surface area contributed by atoms with Gasteiger partial charge in [0.25, 0.3) is 0 Å². The van der Waals surface area contributed by atoms with Gasteiger partial charge in [-0.3, -0.25) is 9.59 Å². The number of nitrogens with zero attached hydrogens (tertiary/aromatic N) is 4. The van der Waals surface area contributed by atoms with E-state index in [0.717, 1.165) is 5.56 Å². The zero-order valence-electron chi connectivity index (χ0n) is 19.0. The number of nitrogens with two attached hydrogens (primary N) is 1. The van der Waals surface area contributed by atoms with E-state index < -0.39 is 55.1 Å². The molecule has 0 radical (unpaired) electrons. The second-order valence-corrected chi connectivity index (χ2v) is 8.38. The SMILES string of the molecule is Nc1ncnc2c1ncn2CC(=O)NC(Cc1ccccc1)C(=O)NC1C(O)OC(CO)C(O)C1O. The third kappa shape index (κ3) is 5.42. The third-order valence-electron chi connectivity index (χ3n) is 5.89. The first kappa shape index (κ1) is 25.4. The van der Waals surface area contributed by atoms with Crippen LogP contribution in [0, 0.1) is 0 Å². The van der Waals surface area contributed by atoms with Crippen LogP contribution in [0.4, 0.5) is 5.82 Å². The number of rotatable bonds is 8. The van der Waals surface area contributed by atoms with Crippen LogP contribution < -0.4 is 16.4 Å². The van der Waals surface area contributed by atoms with Crippen LogP contribution in [0.2, 0.25) is 0 Å². The molecule has 14 heteroatoms. The van der Waals surface area contributed by atoms with Crippen LogP contribution >= 0.6 is 0 Å². The summed E-state index contributed by atoms with van der Waals surface area (Å²) in [6.07, 6.45) is -3.35.